The molecule has 1 atom stereocenters. The van der Waals surface area contributed by atoms with E-state index in [1.165, 1.54) is 30.3 Å². The minimum atomic E-state index is -0.602. The molecule has 0 radical (unpaired) electrons. The third-order valence-corrected chi connectivity index (χ3v) is 5.61. The normalized spacial score (nSPS) is 19.0. The Kier molecular flexibility index (Phi) is 6.66. The SMILES string of the molecule is N#CCOC(=O)c1ccc(NC(=O)C[C@H]2SC(N3CCCCC3)=NC2=O)cc1. The maximum absolute atomic E-state index is 12.3. The van der Waals surface area contributed by atoms with Gasteiger partial charge in [0.15, 0.2) is 11.8 Å². The molecule has 1 N–H and O–H groups in total. The predicted octanol–water partition coefficient (Wildman–Crippen LogP) is 2.18. The number of benzene rings is 1. The van der Waals surface area contributed by atoms with Gasteiger partial charge in [-0.2, -0.15) is 10.3 Å². The minimum absolute atomic E-state index is 0.0380. The number of nitrogens with zero attached hydrogens (tertiary/aromatic N) is 3. The largest absolute Gasteiger partial charge is 0.447 e. The summed E-state index contributed by atoms with van der Waals surface area (Å²) in [6.07, 6.45) is 3.43. The van der Waals surface area contributed by atoms with Crippen molar-refractivity contribution < 1.29 is 19.1 Å². The van der Waals surface area contributed by atoms with Gasteiger partial charge in [-0.15, -0.1) is 0 Å². The summed E-state index contributed by atoms with van der Waals surface area (Å²) in [6, 6.07) is 7.87. The molecule has 0 saturated carbocycles. The lowest BCUT2D eigenvalue weighted by Gasteiger charge is -2.27. The van der Waals surface area contributed by atoms with Crippen LogP contribution in [0.15, 0.2) is 29.3 Å². The molecule has 1 aromatic rings. The summed E-state index contributed by atoms with van der Waals surface area (Å²) in [6.45, 7) is 1.49. The van der Waals surface area contributed by atoms with Gasteiger partial charge < -0.3 is 15.0 Å². The molecule has 28 heavy (non-hydrogen) atoms. The number of hydrogen-bond donors (Lipinski definition) is 1. The number of anilines is 1. The van der Waals surface area contributed by atoms with E-state index in [2.05, 4.69) is 15.2 Å². The Morgan fingerprint density at radius 1 is 1.25 bits per heavy atom. The van der Waals surface area contributed by atoms with Gasteiger partial charge in [0.05, 0.1) is 5.56 Å². The summed E-state index contributed by atoms with van der Waals surface area (Å²) in [4.78, 5) is 42.3. The molecule has 2 heterocycles. The summed E-state index contributed by atoms with van der Waals surface area (Å²) in [5.74, 6) is -1.16. The molecule has 3 rings (SSSR count). The first-order valence-electron chi connectivity index (χ1n) is 9.05. The molecule has 0 aromatic heterocycles. The Hall–Kier alpha value is -2.86. The van der Waals surface area contributed by atoms with Crippen molar-refractivity contribution in [2.75, 3.05) is 25.0 Å². The maximum atomic E-state index is 12.3. The zero-order chi connectivity index (χ0) is 19.9. The van der Waals surface area contributed by atoms with E-state index in [9.17, 15) is 14.4 Å². The molecular formula is C19H20N4O4S. The van der Waals surface area contributed by atoms with Gasteiger partial charge in [0.2, 0.25) is 5.91 Å². The number of aliphatic imine (C=N–C) groups is 1. The Morgan fingerprint density at radius 2 is 1.96 bits per heavy atom. The fraction of sp³-hybridized carbons (Fsp3) is 0.421. The third-order valence-electron chi connectivity index (χ3n) is 4.40. The number of carbonyl (C=O) groups is 3. The van der Waals surface area contributed by atoms with E-state index in [0.29, 0.717) is 5.69 Å². The number of rotatable bonds is 5. The van der Waals surface area contributed by atoms with Crippen molar-refractivity contribution in [1.29, 1.82) is 5.26 Å². The lowest BCUT2D eigenvalue weighted by Crippen LogP contribution is -2.33. The maximum Gasteiger partial charge on any atom is 0.339 e. The standard InChI is InChI=1S/C19H20N4O4S/c20-8-11-27-18(26)13-4-6-14(7-5-13)21-16(24)12-15-17(25)22-19(28-15)23-9-2-1-3-10-23/h4-7,15H,1-3,9-12H2,(H,21,24)/t15-/m1/s1. The second kappa shape index (κ2) is 9.37. The van der Waals surface area contributed by atoms with Crippen LogP contribution < -0.4 is 5.32 Å². The van der Waals surface area contributed by atoms with Gasteiger partial charge in [0.25, 0.3) is 5.91 Å². The number of carbonyl (C=O) groups excluding carboxylic acids is 3. The Bertz CT molecular complexity index is 825. The number of amidine groups is 1. The first-order valence-corrected chi connectivity index (χ1v) is 9.93. The monoisotopic (exact) mass is 400 g/mol. The third kappa shape index (κ3) is 5.10. The van der Waals surface area contributed by atoms with Crippen molar-refractivity contribution in [1.82, 2.24) is 4.90 Å². The molecule has 2 amide bonds. The van der Waals surface area contributed by atoms with E-state index in [4.69, 9.17) is 10.00 Å². The number of likely N-dealkylation sites (tertiary alicyclic amines) is 1. The molecule has 2 aliphatic heterocycles. The van der Waals surface area contributed by atoms with Gasteiger partial charge in [0.1, 0.15) is 11.3 Å². The number of thioether (sulfide) groups is 1. The number of amides is 2. The van der Waals surface area contributed by atoms with Crippen LogP contribution >= 0.6 is 11.8 Å². The topological polar surface area (TPSA) is 112 Å². The van der Waals surface area contributed by atoms with Crippen LogP contribution in [0.2, 0.25) is 0 Å². The van der Waals surface area contributed by atoms with E-state index in [0.717, 1.165) is 31.1 Å². The lowest BCUT2D eigenvalue weighted by atomic mass is 10.1. The highest BCUT2D eigenvalue weighted by molar-refractivity contribution is 8.15. The molecule has 1 saturated heterocycles. The van der Waals surface area contributed by atoms with Gasteiger partial charge in [0, 0.05) is 25.2 Å². The van der Waals surface area contributed by atoms with Crippen LogP contribution in [-0.4, -0.2) is 52.8 Å². The molecule has 2 aliphatic rings. The van der Waals surface area contributed by atoms with E-state index >= 15 is 0 Å². The zero-order valence-corrected chi connectivity index (χ0v) is 16.0. The van der Waals surface area contributed by atoms with E-state index in [1.54, 1.807) is 18.2 Å². The van der Waals surface area contributed by atoms with Crippen molar-refractivity contribution in [3.8, 4) is 6.07 Å². The molecule has 0 unspecified atom stereocenters. The predicted molar refractivity (Wildman–Crippen MR) is 105 cm³/mol. The molecule has 9 heteroatoms. The Labute approximate surface area is 166 Å². The summed E-state index contributed by atoms with van der Waals surface area (Å²) < 4.78 is 4.71. The highest BCUT2D eigenvalue weighted by atomic mass is 32.2. The number of nitrogens with one attached hydrogen (secondary N) is 1. The van der Waals surface area contributed by atoms with E-state index in [-0.39, 0.29) is 30.4 Å². The summed E-state index contributed by atoms with van der Waals surface area (Å²) in [5, 5.41) is 11.4. The number of esters is 1. The van der Waals surface area contributed by atoms with Crippen LogP contribution in [0.1, 0.15) is 36.0 Å². The summed E-state index contributed by atoms with van der Waals surface area (Å²) in [7, 11) is 0. The fourth-order valence-electron chi connectivity index (χ4n) is 2.98. The number of ether oxygens (including phenoxy) is 1. The molecule has 1 fully saturated rings. The van der Waals surface area contributed by atoms with Crippen molar-refractivity contribution >= 4 is 40.4 Å². The average Bonchev–Trinajstić information content (AvgIpc) is 3.07. The summed E-state index contributed by atoms with van der Waals surface area (Å²) >= 11 is 1.36. The number of piperidine rings is 1. The van der Waals surface area contributed by atoms with Gasteiger partial charge in [-0.25, -0.2) is 4.79 Å². The van der Waals surface area contributed by atoms with Gasteiger partial charge >= 0.3 is 5.97 Å². The van der Waals surface area contributed by atoms with Crippen LogP contribution in [0.3, 0.4) is 0 Å². The van der Waals surface area contributed by atoms with Crippen LogP contribution in [-0.2, 0) is 14.3 Å². The smallest absolute Gasteiger partial charge is 0.339 e. The van der Waals surface area contributed by atoms with E-state index in [1.807, 2.05) is 0 Å². The van der Waals surface area contributed by atoms with Gasteiger partial charge in [-0.3, -0.25) is 9.59 Å². The molecule has 1 aromatic carbocycles. The zero-order valence-electron chi connectivity index (χ0n) is 15.2. The molecule has 0 spiro atoms. The molecular weight excluding hydrogens is 380 g/mol. The Balaban J connectivity index is 1.50. The van der Waals surface area contributed by atoms with Crippen LogP contribution in [0, 0.1) is 11.3 Å². The molecule has 146 valence electrons. The van der Waals surface area contributed by atoms with Crippen molar-refractivity contribution in [3.05, 3.63) is 29.8 Å². The lowest BCUT2D eigenvalue weighted by molar-refractivity contribution is -0.121. The molecule has 0 bridgehead atoms. The Morgan fingerprint density at radius 3 is 2.64 bits per heavy atom. The quantitative estimate of drug-likeness (QED) is 0.754. The van der Waals surface area contributed by atoms with Crippen molar-refractivity contribution in [2.45, 2.75) is 30.9 Å². The molecule has 8 nitrogen and oxygen atoms in total. The summed E-state index contributed by atoms with van der Waals surface area (Å²) in [5.41, 5.74) is 0.795. The fourth-order valence-corrected chi connectivity index (χ4v) is 4.10. The second-order valence-corrected chi connectivity index (χ2v) is 7.62. The second-order valence-electron chi connectivity index (χ2n) is 6.45. The van der Waals surface area contributed by atoms with E-state index < -0.39 is 11.2 Å². The van der Waals surface area contributed by atoms with Crippen molar-refractivity contribution in [2.24, 2.45) is 4.99 Å². The first kappa shape index (κ1) is 19.9. The number of nitriles is 1. The van der Waals surface area contributed by atoms with Gasteiger partial charge in [-0.05, 0) is 43.5 Å². The van der Waals surface area contributed by atoms with Crippen LogP contribution in [0.25, 0.3) is 0 Å². The van der Waals surface area contributed by atoms with Gasteiger partial charge in [-0.1, -0.05) is 11.8 Å². The van der Waals surface area contributed by atoms with Crippen molar-refractivity contribution in [3.63, 3.8) is 0 Å². The van der Waals surface area contributed by atoms with Crippen LogP contribution in [0.5, 0.6) is 0 Å². The molecule has 0 aliphatic carbocycles. The highest BCUT2D eigenvalue weighted by Gasteiger charge is 2.33. The highest BCUT2D eigenvalue weighted by Crippen LogP contribution is 2.29. The first-order chi connectivity index (χ1) is 13.6. The minimum Gasteiger partial charge on any atom is -0.447 e. The average molecular weight is 400 g/mol. The van der Waals surface area contributed by atoms with Crippen LogP contribution in [0.4, 0.5) is 5.69 Å². The number of hydrogen-bond acceptors (Lipinski definition) is 7.